The Labute approximate surface area is 148 Å². The van der Waals surface area contributed by atoms with E-state index in [2.05, 4.69) is 4.72 Å². The average molecular weight is 358 g/mol. The molecule has 0 radical (unpaired) electrons. The third-order valence-corrected chi connectivity index (χ3v) is 6.03. The molecule has 1 atom stereocenters. The summed E-state index contributed by atoms with van der Waals surface area (Å²) >= 11 is 0. The highest BCUT2D eigenvalue weighted by Gasteiger charge is 2.24. The maximum atomic E-state index is 12.7. The van der Waals surface area contributed by atoms with Gasteiger partial charge in [-0.3, -0.25) is 4.79 Å². The molecule has 0 aromatic heterocycles. The summed E-state index contributed by atoms with van der Waals surface area (Å²) in [4.78, 5) is 13.7. The van der Waals surface area contributed by atoms with Gasteiger partial charge in [0.2, 0.25) is 15.9 Å². The molecule has 0 saturated carbocycles. The third kappa shape index (κ3) is 3.75. The van der Waals surface area contributed by atoms with Crippen molar-refractivity contribution >= 4 is 21.6 Å². The molecule has 0 saturated heterocycles. The van der Waals surface area contributed by atoms with Crippen molar-refractivity contribution in [2.45, 2.75) is 37.6 Å². The molecule has 132 valence electrons. The number of fused-ring (bicyclic) bond motifs is 1. The lowest BCUT2D eigenvalue weighted by Gasteiger charge is -2.29. The molecule has 0 fully saturated rings. The first-order chi connectivity index (χ1) is 11.9. The van der Waals surface area contributed by atoms with Gasteiger partial charge in [-0.25, -0.2) is 13.1 Å². The summed E-state index contributed by atoms with van der Waals surface area (Å²) in [5, 5.41) is 0. The standard InChI is InChI=1S/C19H22N2O3S/c1-14(16-7-4-3-5-8-16)20-25(23,24)18-10-11-19-17(13-18)9-6-12-21(19)15(2)22/h3-5,7-8,10-11,13-14,20H,6,9,12H2,1-2H3/t14-/m0/s1. The minimum Gasteiger partial charge on any atom is -0.312 e. The van der Waals surface area contributed by atoms with E-state index < -0.39 is 10.0 Å². The largest absolute Gasteiger partial charge is 0.312 e. The maximum Gasteiger partial charge on any atom is 0.241 e. The summed E-state index contributed by atoms with van der Waals surface area (Å²) in [6.45, 7) is 4.03. The van der Waals surface area contributed by atoms with Crippen molar-refractivity contribution in [2.75, 3.05) is 11.4 Å². The van der Waals surface area contributed by atoms with Crippen molar-refractivity contribution < 1.29 is 13.2 Å². The zero-order valence-electron chi connectivity index (χ0n) is 14.4. The molecular formula is C19H22N2O3S. The molecule has 1 aliphatic heterocycles. The SMILES string of the molecule is CC(=O)N1CCCc2cc(S(=O)(=O)N[C@@H](C)c3ccccc3)ccc21. The summed E-state index contributed by atoms with van der Waals surface area (Å²) in [7, 11) is -3.63. The predicted molar refractivity (Wildman–Crippen MR) is 98.0 cm³/mol. The van der Waals surface area contributed by atoms with Crippen LogP contribution >= 0.6 is 0 Å². The highest BCUT2D eigenvalue weighted by atomic mass is 32.2. The second-order valence-corrected chi connectivity index (χ2v) is 8.03. The molecule has 1 amide bonds. The Morgan fingerprint density at radius 1 is 1.16 bits per heavy atom. The second-order valence-electron chi connectivity index (χ2n) is 6.32. The Kier molecular flexibility index (Phi) is 4.92. The van der Waals surface area contributed by atoms with Crippen LogP contribution in [0.15, 0.2) is 53.4 Å². The quantitative estimate of drug-likeness (QED) is 0.913. The Morgan fingerprint density at radius 3 is 2.56 bits per heavy atom. The number of hydrogen-bond donors (Lipinski definition) is 1. The average Bonchev–Trinajstić information content (AvgIpc) is 2.61. The van der Waals surface area contributed by atoms with Gasteiger partial charge < -0.3 is 4.90 Å². The van der Waals surface area contributed by atoms with Crippen LogP contribution in [0.4, 0.5) is 5.69 Å². The molecule has 0 spiro atoms. The summed E-state index contributed by atoms with van der Waals surface area (Å²) in [6.07, 6.45) is 1.61. The van der Waals surface area contributed by atoms with E-state index in [1.807, 2.05) is 37.3 Å². The van der Waals surface area contributed by atoms with E-state index >= 15 is 0 Å². The highest BCUT2D eigenvalue weighted by Crippen LogP contribution is 2.30. The number of aryl methyl sites for hydroxylation is 1. The number of benzene rings is 2. The number of nitrogens with one attached hydrogen (secondary N) is 1. The van der Waals surface area contributed by atoms with Crippen LogP contribution < -0.4 is 9.62 Å². The zero-order chi connectivity index (χ0) is 18.0. The van der Waals surface area contributed by atoms with Crippen molar-refractivity contribution in [1.29, 1.82) is 0 Å². The molecule has 2 aromatic rings. The summed E-state index contributed by atoms with van der Waals surface area (Å²) in [6, 6.07) is 14.1. The van der Waals surface area contributed by atoms with E-state index in [0.717, 1.165) is 29.7 Å². The lowest BCUT2D eigenvalue weighted by Crippen LogP contribution is -2.34. The fraction of sp³-hybridized carbons (Fsp3) is 0.316. The Bertz CT molecular complexity index is 879. The van der Waals surface area contributed by atoms with Crippen LogP contribution in [0.5, 0.6) is 0 Å². The van der Waals surface area contributed by atoms with Crippen molar-refractivity contribution in [3.05, 3.63) is 59.7 Å². The minimum absolute atomic E-state index is 0.0209. The van der Waals surface area contributed by atoms with E-state index in [-0.39, 0.29) is 16.8 Å². The molecule has 6 heteroatoms. The topological polar surface area (TPSA) is 66.5 Å². The molecule has 1 N–H and O–H groups in total. The lowest BCUT2D eigenvalue weighted by atomic mass is 10.0. The van der Waals surface area contributed by atoms with Gasteiger partial charge in [0.25, 0.3) is 0 Å². The van der Waals surface area contributed by atoms with Crippen molar-refractivity contribution in [3.63, 3.8) is 0 Å². The molecule has 5 nitrogen and oxygen atoms in total. The second kappa shape index (κ2) is 6.98. The number of nitrogens with zero attached hydrogens (tertiary/aromatic N) is 1. The van der Waals surface area contributed by atoms with Gasteiger partial charge >= 0.3 is 0 Å². The first-order valence-corrected chi connectivity index (χ1v) is 9.85. The molecule has 25 heavy (non-hydrogen) atoms. The van der Waals surface area contributed by atoms with Gasteiger partial charge in [-0.05, 0) is 49.1 Å². The van der Waals surface area contributed by atoms with Crippen molar-refractivity contribution in [3.8, 4) is 0 Å². The van der Waals surface area contributed by atoms with E-state index in [0.29, 0.717) is 6.54 Å². The maximum absolute atomic E-state index is 12.7. The van der Waals surface area contributed by atoms with Crippen molar-refractivity contribution in [2.24, 2.45) is 0 Å². The summed E-state index contributed by atoms with van der Waals surface area (Å²) in [5.41, 5.74) is 2.62. The normalized spacial score (nSPS) is 15.5. The molecule has 3 rings (SSSR count). The van der Waals surface area contributed by atoms with Gasteiger partial charge in [-0.1, -0.05) is 30.3 Å². The minimum atomic E-state index is -3.63. The first kappa shape index (κ1) is 17.6. The van der Waals surface area contributed by atoms with Crippen LogP contribution in [0.2, 0.25) is 0 Å². The van der Waals surface area contributed by atoms with Crippen LogP contribution in [0, 0.1) is 0 Å². The molecule has 0 unspecified atom stereocenters. The number of anilines is 1. The highest BCUT2D eigenvalue weighted by molar-refractivity contribution is 7.89. The van der Waals surface area contributed by atoms with Gasteiger partial charge in [0.05, 0.1) is 4.90 Å². The first-order valence-electron chi connectivity index (χ1n) is 8.37. The van der Waals surface area contributed by atoms with Gasteiger partial charge in [-0.2, -0.15) is 0 Å². The van der Waals surface area contributed by atoms with Crippen LogP contribution in [0.3, 0.4) is 0 Å². The molecule has 1 heterocycles. The molecule has 1 aliphatic rings. The lowest BCUT2D eigenvalue weighted by molar-refractivity contribution is -0.116. The molecule has 0 aliphatic carbocycles. The van der Waals surface area contributed by atoms with Gasteiger partial charge in [0.1, 0.15) is 0 Å². The number of hydrogen-bond acceptors (Lipinski definition) is 3. The number of amides is 1. The monoisotopic (exact) mass is 358 g/mol. The van der Waals surface area contributed by atoms with E-state index in [9.17, 15) is 13.2 Å². The van der Waals surface area contributed by atoms with E-state index in [4.69, 9.17) is 0 Å². The molecular weight excluding hydrogens is 336 g/mol. The van der Waals surface area contributed by atoms with Gasteiger partial charge in [-0.15, -0.1) is 0 Å². The third-order valence-electron chi connectivity index (χ3n) is 4.49. The predicted octanol–water partition coefficient (Wildman–Crippen LogP) is 3.03. The van der Waals surface area contributed by atoms with Gasteiger partial charge in [0, 0.05) is 25.2 Å². The number of carbonyl (C=O) groups is 1. The number of sulfonamides is 1. The molecule has 2 aromatic carbocycles. The van der Waals surface area contributed by atoms with Crippen LogP contribution in [-0.4, -0.2) is 20.9 Å². The van der Waals surface area contributed by atoms with E-state index in [1.54, 1.807) is 23.1 Å². The Morgan fingerprint density at radius 2 is 1.88 bits per heavy atom. The fourth-order valence-electron chi connectivity index (χ4n) is 3.18. The Balaban J connectivity index is 1.87. The number of rotatable bonds is 4. The van der Waals surface area contributed by atoms with Crippen molar-refractivity contribution in [1.82, 2.24) is 4.72 Å². The van der Waals surface area contributed by atoms with Crippen LogP contribution in [0.1, 0.15) is 37.4 Å². The summed E-state index contributed by atoms with van der Waals surface area (Å²) < 4.78 is 28.2. The fourth-order valence-corrected chi connectivity index (χ4v) is 4.46. The van der Waals surface area contributed by atoms with Crippen LogP contribution in [-0.2, 0) is 21.2 Å². The number of carbonyl (C=O) groups excluding carboxylic acids is 1. The van der Waals surface area contributed by atoms with Crippen LogP contribution in [0.25, 0.3) is 0 Å². The Hall–Kier alpha value is -2.18. The smallest absolute Gasteiger partial charge is 0.241 e. The van der Waals surface area contributed by atoms with E-state index in [1.165, 1.54) is 6.92 Å². The molecule has 0 bridgehead atoms. The summed E-state index contributed by atoms with van der Waals surface area (Å²) in [5.74, 6) is -0.0209. The van der Waals surface area contributed by atoms with Gasteiger partial charge in [0.15, 0.2) is 0 Å². The zero-order valence-corrected chi connectivity index (χ0v) is 15.2.